The molecule has 0 radical (unpaired) electrons. The fourth-order valence-corrected chi connectivity index (χ4v) is 3.45. The predicted molar refractivity (Wildman–Crippen MR) is 90.5 cm³/mol. The molecule has 0 aromatic carbocycles. The van der Waals surface area contributed by atoms with Crippen LogP contribution in [0.2, 0.25) is 5.15 Å². The Bertz CT molecular complexity index is 1020. The molecule has 10 heteroatoms. The topological polar surface area (TPSA) is 63.4 Å². The number of pyridine rings is 1. The minimum absolute atomic E-state index is 0.0874. The van der Waals surface area contributed by atoms with Crippen LogP contribution in [0.15, 0.2) is 36.7 Å². The first-order valence-electron chi connectivity index (χ1n) is 8.16. The molecule has 0 aliphatic carbocycles. The van der Waals surface area contributed by atoms with Gasteiger partial charge in [0.05, 0.1) is 0 Å². The fourth-order valence-electron chi connectivity index (χ4n) is 3.19. The molecular weight excluding hydrogens is 383 g/mol. The van der Waals surface area contributed by atoms with Gasteiger partial charge in [-0.2, -0.15) is 13.2 Å². The first kappa shape index (κ1) is 17.7. The van der Waals surface area contributed by atoms with Crippen molar-refractivity contribution in [2.24, 2.45) is 0 Å². The quantitative estimate of drug-likeness (QED) is 0.667. The van der Waals surface area contributed by atoms with Gasteiger partial charge in [0, 0.05) is 31.4 Å². The molecule has 4 rings (SSSR count). The summed E-state index contributed by atoms with van der Waals surface area (Å²) in [5, 5.41) is 0.0879. The minimum atomic E-state index is -4.53. The van der Waals surface area contributed by atoms with Crippen molar-refractivity contribution in [3.63, 3.8) is 0 Å². The molecule has 4 heterocycles. The number of carbonyl (C=O) groups is 1. The lowest BCUT2D eigenvalue weighted by Gasteiger charge is -2.16. The van der Waals surface area contributed by atoms with Crippen molar-refractivity contribution in [2.45, 2.75) is 18.5 Å². The molecule has 1 atom stereocenters. The maximum Gasteiger partial charge on any atom is 0.433 e. The zero-order valence-corrected chi connectivity index (χ0v) is 14.6. The summed E-state index contributed by atoms with van der Waals surface area (Å²) < 4.78 is 40.2. The van der Waals surface area contributed by atoms with Crippen LogP contribution < -0.4 is 0 Å². The number of amides is 1. The van der Waals surface area contributed by atoms with E-state index >= 15 is 0 Å². The van der Waals surface area contributed by atoms with E-state index in [-0.39, 0.29) is 35.0 Å². The maximum atomic E-state index is 12.9. The third-order valence-electron chi connectivity index (χ3n) is 4.50. The van der Waals surface area contributed by atoms with E-state index in [2.05, 4.69) is 15.0 Å². The van der Waals surface area contributed by atoms with Crippen LogP contribution in [0, 0.1) is 0 Å². The van der Waals surface area contributed by atoms with Gasteiger partial charge in [0.1, 0.15) is 17.2 Å². The highest BCUT2D eigenvalue weighted by Gasteiger charge is 2.36. The van der Waals surface area contributed by atoms with E-state index in [4.69, 9.17) is 11.6 Å². The van der Waals surface area contributed by atoms with E-state index in [1.165, 1.54) is 4.90 Å². The second-order valence-corrected chi connectivity index (χ2v) is 6.57. The Kier molecular flexibility index (Phi) is 4.26. The fraction of sp³-hybridized carbons (Fsp3) is 0.294. The van der Waals surface area contributed by atoms with E-state index < -0.39 is 11.9 Å². The summed E-state index contributed by atoms with van der Waals surface area (Å²) in [5.41, 5.74) is -0.206. The molecule has 27 heavy (non-hydrogen) atoms. The number of alkyl halides is 3. The van der Waals surface area contributed by atoms with Gasteiger partial charge in [0.15, 0.2) is 10.8 Å². The molecule has 0 spiro atoms. The highest BCUT2D eigenvalue weighted by molar-refractivity contribution is 6.32. The van der Waals surface area contributed by atoms with Gasteiger partial charge in [0.25, 0.3) is 5.91 Å². The van der Waals surface area contributed by atoms with Crippen LogP contribution >= 0.6 is 11.6 Å². The van der Waals surface area contributed by atoms with Crippen LogP contribution in [-0.4, -0.2) is 43.2 Å². The van der Waals surface area contributed by atoms with E-state index in [1.807, 2.05) is 0 Å². The van der Waals surface area contributed by atoms with Crippen molar-refractivity contribution >= 4 is 23.2 Å². The molecule has 1 aliphatic heterocycles. The summed E-state index contributed by atoms with van der Waals surface area (Å²) in [4.78, 5) is 26.2. The van der Waals surface area contributed by atoms with Gasteiger partial charge in [-0.25, -0.2) is 15.0 Å². The molecular formula is C17H13ClF3N5O. The number of imidazole rings is 1. The Morgan fingerprint density at radius 2 is 2.04 bits per heavy atom. The number of halogens is 4. The van der Waals surface area contributed by atoms with E-state index in [0.717, 1.165) is 12.3 Å². The second kappa shape index (κ2) is 6.49. The summed E-state index contributed by atoms with van der Waals surface area (Å²) in [5.74, 6) is -0.605. The Balaban J connectivity index is 1.58. The Morgan fingerprint density at radius 1 is 1.22 bits per heavy atom. The molecule has 6 nitrogen and oxygen atoms in total. The van der Waals surface area contributed by atoms with Crippen LogP contribution in [0.1, 0.15) is 34.3 Å². The summed E-state index contributed by atoms with van der Waals surface area (Å²) in [6.07, 6.45) is -1.28. The monoisotopic (exact) mass is 395 g/mol. The summed E-state index contributed by atoms with van der Waals surface area (Å²) in [6, 6.07) is 6.10. The first-order chi connectivity index (χ1) is 12.8. The van der Waals surface area contributed by atoms with Gasteiger partial charge in [-0.05, 0) is 24.6 Å². The van der Waals surface area contributed by atoms with Crippen molar-refractivity contribution in [1.29, 1.82) is 0 Å². The largest absolute Gasteiger partial charge is 0.433 e. The predicted octanol–water partition coefficient (Wildman–Crippen LogP) is 3.43. The number of hydrogen-bond acceptors (Lipinski definition) is 4. The molecule has 3 aromatic rings. The molecule has 0 bridgehead atoms. The minimum Gasteiger partial charge on any atom is -0.337 e. The van der Waals surface area contributed by atoms with Crippen molar-refractivity contribution in [1.82, 2.24) is 24.3 Å². The average molecular weight is 396 g/mol. The molecule has 140 valence electrons. The van der Waals surface area contributed by atoms with Crippen LogP contribution in [0.3, 0.4) is 0 Å². The molecule has 1 aliphatic rings. The maximum absolute atomic E-state index is 12.9. The number of hydrogen-bond donors (Lipinski definition) is 0. The molecule has 1 unspecified atom stereocenters. The molecule has 1 amide bonds. The summed E-state index contributed by atoms with van der Waals surface area (Å²) >= 11 is 6.14. The zero-order valence-electron chi connectivity index (χ0n) is 13.8. The standard InChI is InChI=1S/C17H13ClF3N5O/c18-14-13(26-7-2-1-3-12(26)24-14)16(27)25-8-5-10(9-25)15-22-6-4-11(23-15)17(19,20)21/h1-4,6-7,10H,5,8-9H2. The van der Waals surface area contributed by atoms with Crippen molar-refractivity contribution in [2.75, 3.05) is 13.1 Å². The molecule has 0 N–H and O–H groups in total. The average Bonchev–Trinajstić information content (AvgIpc) is 3.24. The first-order valence-corrected chi connectivity index (χ1v) is 8.54. The van der Waals surface area contributed by atoms with Gasteiger partial charge in [0.2, 0.25) is 0 Å². The summed E-state index contributed by atoms with van der Waals surface area (Å²) in [7, 11) is 0. The van der Waals surface area contributed by atoms with Crippen LogP contribution in [0.25, 0.3) is 5.65 Å². The van der Waals surface area contributed by atoms with Gasteiger partial charge in [-0.15, -0.1) is 0 Å². The molecule has 3 aromatic heterocycles. The third kappa shape index (κ3) is 3.23. The lowest BCUT2D eigenvalue weighted by molar-refractivity contribution is -0.141. The van der Waals surface area contributed by atoms with E-state index in [9.17, 15) is 18.0 Å². The van der Waals surface area contributed by atoms with Gasteiger partial charge in [-0.3, -0.25) is 9.20 Å². The zero-order chi connectivity index (χ0) is 19.2. The van der Waals surface area contributed by atoms with Gasteiger partial charge >= 0.3 is 6.18 Å². The molecule has 1 fully saturated rings. The summed E-state index contributed by atoms with van der Waals surface area (Å²) in [6.45, 7) is 0.593. The number of likely N-dealkylation sites (tertiary alicyclic amines) is 1. The Morgan fingerprint density at radius 3 is 2.81 bits per heavy atom. The van der Waals surface area contributed by atoms with Crippen LogP contribution in [0.4, 0.5) is 13.2 Å². The third-order valence-corrected chi connectivity index (χ3v) is 4.76. The number of aromatic nitrogens is 4. The Labute approximate surface area is 156 Å². The number of carbonyl (C=O) groups excluding carboxylic acids is 1. The molecule has 1 saturated heterocycles. The highest BCUT2D eigenvalue weighted by Crippen LogP contribution is 2.31. The number of fused-ring (bicyclic) bond motifs is 1. The smallest absolute Gasteiger partial charge is 0.337 e. The second-order valence-electron chi connectivity index (χ2n) is 6.21. The van der Waals surface area contributed by atoms with Gasteiger partial charge < -0.3 is 4.90 Å². The van der Waals surface area contributed by atoms with Gasteiger partial charge in [-0.1, -0.05) is 17.7 Å². The van der Waals surface area contributed by atoms with E-state index in [1.54, 1.807) is 28.8 Å². The van der Waals surface area contributed by atoms with Crippen LogP contribution in [0.5, 0.6) is 0 Å². The van der Waals surface area contributed by atoms with Crippen molar-refractivity contribution in [3.8, 4) is 0 Å². The molecule has 0 saturated carbocycles. The van der Waals surface area contributed by atoms with Crippen LogP contribution in [-0.2, 0) is 6.18 Å². The number of nitrogens with zero attached hydrogens (tertiary/aromatic N) is 5. The SMILES string of the molecule is O=C(c1c(Cl)nc2ccccn12)N1CCC(c2nccc(C(F)(F)F)n2)C1. The van der Waals surface area contributed by atoms with Crippen molar-refractivity contribution in [3.05, 3.63) is 59.0 Å². The van der Waals surface area contributed by atoms with E-state index in [0.29, 0.717) is 18.6 Å². The highest BCUT2D eigenvalue weighted by atomic mass is 35.5. The lowest BCUT2D eigenvalue weighted by Crippen LogP contribution is -2.30. The normalized spacial score (nSPS) is 17.6. The van der Waals surface area contributed by atoms with Crippen molar-refractivity contribution < 1.29 is 18.0 Å². The number of rotatable bonds is 2. The Hall–Kier alpha value is -2.68. The lowest BCUT2D eigenvalue weighted by atomic mass is 10.1.